The smallest absolute Gasteiger partial charge is 0.234 e. The second kappa shape index (κ2) is 6.30. The summed E-state index contributed by atoms with van der Waals surface area (Å²) < 4.78 is 2.07. The number of nitrogens with zero attached hydrogens (tertiary/aromatic N) is 3. The summed E-state index contributed by atoms with van der Waals surface area (Å²) in [5, 5.41) is 11.8. The molecule has 1 saturated carbocycles. The highest BCUT2D eigenvalue weighted by Crippen LogP contribution is 2.37. The van der Waals surface area contributed by atoms with Crippen molar-refractivity contribution in [2.45, 2.75) is 37.4 Å². The number of thioether (sulfide) groups is 1. The van der Waals surface area contributed by atoms with E-state index in [1.165, 1.54) is 30.2 Å². The summed E-state index contributed by atoms with van der Waals surface area (Å²) in [6, 6.07) is 8.48. The van der Waals surface area contributed by atoms with Gasteiger partial charge in [-0.15, -0.1) is 10.2 Å². The Bertz CT molecular complexity index is 636. The Morgan fingerprint density at radius 3 is 3.10 bits per heavy atom. The van der Waals surface area contributed by atoms with E-state index < -0.39 is 0 Å². The van der Waals surface area contributed by atoms with E-state index in [2.05, 4.69) is 33.1 Å². The number of nitrogens with one attached hydrogen (secondary N) is 1. The van der Waals surface area contributed by atoms with E-state index in [0.717, 1.165) is 17.3 Å². The molecular formula is C15H18N4OS. The number of hydrogen-bond donors (Lipinski definition) is 1. The number of hydrogen-bond acceptors (Lipinski definition) is 4. The number of amides is 1. The van der Waals surface area contributed by atoms with Gasteiger partial charge in [-0.1, -0.05) is 30.8 Å². The third kappa shape index (κ3) is 3.64. The highest BCUT2D eigenvalue weighted by molar-refractivity contribution is 7.99. The number of anilines is 1. The van der Waals surface area contributed by atoms with Gasteiger partial charge in [-0.05, 0) is 37.0 Å². The minimum Gasteiger partial charge on any atom is -0.325 e. The number of carbonyl (C=O) groups excluding carboxylic acids is 1. The summed E-state index contributed by atoms with van der Waals surface area (Å²) in [6.45, 7) is 2.10. The molecule has 3 rings (SSSR count). The number of aromatic nitrogens is 3. The minimum atomic E-state index is -0.0152. The monoisotopic (exact) mass is 302 g/mol. The summed E-state index contributed by atoms with van der Waals surface area (Å²) in [7, 11) is 0. The molecular weight excluding hydrogens is 284 g/mol. The lowest BCUT2D eigenvalue weighted by Crippen LogP contribution is -2.14. The van der Waals surface area contributed by atoms with E-state index in [-0.39, 0.29) is 5.91 Å². The zero-order chi connectivity index (χ0) is 14.7. The molecule has 1 fully saturated rings. The Morgan fingerprint density at radius 2 is 2.33 bits per heavy atom. The lowest BCUT2D eigenvalue weighted by molar-refractivity contribution is -0.113. The van der Waals surface area contributed by atoms with Gasteiger partial charge in [-0.2, -0.15) is 0 Å². The first-order chi connectivity index (χ1) is 10.3. The molecule has 1 aromatic heterocycles. The Kier molecular flexibility index (Phi) is 4.24. The van der Waals surface area contributed by atoms with Gasteiger partial charge in [-0.25, -0.2) is 0 Å². The van der Waals surface area contributed by atoms with Crippen LogP contribution in [-0.4, -0.2) is 26.4 Å². The molecule has 1 heterocycles. The second-order valence-electron chi connectivity index (χ2n) is 5.14. The standard InChI is InChI=1S/C15H18N4OS/c1-2-11-4-3-5-12(8-11)17-14(20)9-21-15-18-16-10-19(15)13-6-7-13/h3-5,8,10,13H,2,6-7,9H2,1H3,(H,17,20). The zero-order valence-corrected chi connectivity index (χ0v) is 12.8. The Hall–Kier alpha value is -1.82. The van der Waals surface area contributed by atoms with Crippen LogP contribution in [0.25, 0.3) is 0 Å². The molecule has 110 valence electrons. The predicted octanol–water partition coefficient (Wildman–Crippen LogP) is 2.91. The first-order valence-electron chi connectivity index (χ1n) is 7.17. The molecule has 2 aromatic rings. The molecule has 0 aliphatic heterocycles. The zero-order valence-electron chi connectivity index (χ0n) is 12.0. The summed E-state index contributed by atoms with van der Waals surface area (Å²) in [4.78, 5) is 12.0. The normalized spacial score (nSPS) is 14.1. The quantitative estimate of drug-likeness (QED) is 0.834. The lowest BCUT2D eigenvalue weighted by atomic mass is 10.1. The largest absolute Gasteiger partial charge is 0.325 e. The molecule has 1 aromatic carbocycles. The van der Waals surface area contributed by atoms with Crippen molar-refractivity contribution in [2.24, 2.45) is 0 Å². The molecule has 1 aliphatic carbocycles. The molecule has 1 N–H and O–H groups in total. The number of aryl methyl sites for hydroxylation is 1. The summed E-state index contributed by atoms with van der Waals surface area (Å²) in [6.07, 6.45) is 5.08. The summed E-state index contributed by atoms with van der Waals surface area (Å²) >= 11 is 1.44. The van der Waals surface area contributed by atoms with Crippen LogP contribution in [0.2, 0.25) is 0 Å². The maximum absolute atomic E-state index is 12.0. The number of benzene rings is 1. The SMILES string of the molecule is CCc1cccc(NC(=O)CSc2nncn2C2CC2)c1. The third-order valence-corrected chi connectivity index (χ3v) is 4.39. The lowest BCUT2D eigenvalue weighted by Gasteiger charge is -2.07. The van der Waals surface area contributed by atoms with Crippen LogP contribution in [0.4, 0.5) is 5.69 Å². The highest BCUT2D eigenvalue weighted by atomic mass is 32.2. The van der Waals surface area contributed by atoms with Crippen LogP contribution in [0.15, 0.2) is 35.7 Å². The van der Waals surface area contributed by atoms with Crippen LogP contribution in [0.3, 0.4) is 0 Å². The molecule has 0 spiro atoms. The summed E-state index contributed by atoms with van der Waals surface area (Å²) in [5.74, 6) is 0.334. The maximum atomic E-state index is 12.0. The highest BCUT2D eigenvalue weighted by Gasteiger charge is 2.26. The van der Waals surface area contributed by atoms with Crippen LogP contribution >= 0.6 is 11.8 Å². The van der Waals surface area contributed by atoms with Crippen molar-refractivity contribution in [2.75, 3.05) is 11.1 Å². The molecule has 0 unspecified atom stereocenters. The van der Waals surface area contributed by atoms with Crippen molar-refractivity contribution < 1.29 is 4.79 Å². The molecule has 1 amide bonds. The fourth-order valence-electron chi connectivity index (χ4n) is 2.13. The van der Waals surface area contributed by atoms with E-state index in [1.807, 2.05) is 18.2 Å². The van der Waals surface area contributed by atoms with Gasteiger partial charge >= 0.3 is 0 Å². The van der Waals surface area contributed by atoms with Gasteiger partial charge in [0, 0.05) is 11.7 Å². The van der Waals surface area contributed by atoms with Crippen LogP contribution in [-0.2, 0) is 11.2 Å². The van der Waals surface area contributed by atoms with E-state index >= 15 is 0 Å². The maximum Gasteiger partial charge on any atom is 0.234 e. The fourth-order valence-corrected chi connectivity index (χ4v) is 2.92. The van der Waals surface area contributed by atoms with Crippen molar-refractivity contribution in [3.05, 3.63) is 36.2 Å². The van der Waals surface area contributed by atoms with Crippen molar-refractivity contribution in [1.29, 1.82) is 0 Å². The average molecular weight is 302 g/mol. The van der Waals surface area contributed by atoms with Gasteiger partial charge < -0.3 is 9.88 Å². The van der Waals surface area contributed by atoms with Gasteiger partial charge in [0.2, 0.25) is 5.91 Å². The van der Waals surface area contributed by atoms with Crippen LogP contribution in [0.1, 0.15) is 31.4 Å². The van der Waals surface area contributed by atoms with Crippen LogP contribution in [0.5, 0.6) is 0 Å². The fraction of sp³-hybridized carbons (Fsp3) is 0.400. The number of rotatable bonds is 6. The Morgan fingerprint density at radius 1 is 1.48 bits per heavy atom. The second-order valence-corrected chi connectivity index (χ2v) is 6.09. The minimum absolute atomic E-state index is 0.0152. The Labute approximate surface area is 128 Å². The molecule has 0 saturated heterocycles. The average Bonchev–Trinajstić information content (AvgIpc) is 3.24. The van der Waals surface area contributed by atoms with E-state index in [1.54, 1.807) is 6.33 Å². The summed E-state index contributed by atoms with van der Waals surface area (Å²) in [5.41, 5.74) is 2.07. The number of carbonyl (C=O) groups is 1. The molecule has 6 heteroatoms. The van der Waals surface area contributed by atoms with E-state index in [9.17, 15) is 4.79 Å². The molecule has 0 atom stereocenters. The van der Waals surface area contributed by atoms with Gasteiger partial charge in [0.1, 0.15) is 6.33 Å². The van der Waals surface area contributed by atoms with Crippen LogP contribution < -0.4 is 5.32 Å². The van der Waals surface area contributed by atoms with Gasteiger partial charge in [-0.3, -0.25) is 4.79 Å². The molecule has 5 nitrogen and oxygen atoms in total. The first kappa shape index (κ1) is 14.1. The molecule has 1 aliphatic rings. The Balaban J connectivity index is 1.55. The topological polar surface area (TPSA) is 59.8 Å². The van der Waals surface area contributed by atoms with Gasteiger partial charge in [0.15, 0.2) is 5.16 Å². The van der Waals surface area contributed by atoms with Crippen molar-refractivity contribution in [3.63, 3.8) is 0 Å². The van der Waals surface area contributed by atoms with Crippen molar-refractivity contribution in [1.82, 2.24) is 14.8 Å². The molecule has 0 bridgehead atoms. The van der Waals surface area contributed by atoms with E-state index in [4.69, 9.17) is 0 Å². The first-order valence-corrected chi connectivity index (χ1v) is 8.16. The predicted molar refractivity (Wildman–Crippen MR) is 83.5 cm³/mol. The van der Waals surface area contributed by atoms with Crippen molar-refractivity contribution >= 4 is 23.4 Å². The van der Waals surface area contributed by atoms with Crippen molar-refractivity contribution in [3.8, 4) is 0 Å². The molecule has 21 heavy (non-hydrogen) atoms. The van der Waals surface area contributed by atoms with Crippen LogP contribution in [0, 0.1) is 0 Å². The molecule has 0 radical (unpaired) electrons. The third-order valence-electron chi connectivity index (χ3n) is 3.43. The van der Waals surface area contributed by atoms with Gasteiger partial charge in [0.05, 0.1) is 5.75 Å². The van der Waals surface area contributed by atoms with E-state index in [0.29, 0.717) is 11.8 Å². The van der Waals surface area contributed by atoms with Gasteiger partial charge in [0.25, 0.3) is 0 Å².